The van der Waals surface area contributed by atoms with E-state index in [2.05, 4.69) is 10.6 Å². The summed E-state index contributed by atoms with van der Waals surface area (Å²) < 4.78 is 50.3. The molecule has 4 atom stereocenters. The van der Waals surface area contributed by atoms with Crippen molar-refractivity contribution in [2.24, 2.45) is 5.73 Å². The SMILES string of the molecule is CC[C@@]1(O)C(=O)OCc2c1cc1n(c2=O)Cc2c-1nc1cc(F)c(C)c3c1c2[C@@H](NC(=O)C(C)(NC(=O)[C@@H](C)N)C(F)F)CC3. The maximum atomic E-state index is 15.1. The molecule has 2 aliphatic heterocycles. The zero-order chi connectivity index (χ0) is 32.7. The number of amides is 2. The van der Waals surface area contributed by atoms with Crippen LogP contribution in [-0.2, 0) is 44.3 Å². The van der Waals surface area contributed by atoms with Crippen molar-refractivity contribution in [3.05, 3.63) is 61.7 Å². The molecule has 2 amide bonds. The summed E-state index contributed by atoms with van der Waals surface area (Å²) in [6.45, 7) is 5.05. The highest BCUT2D eigenvalue weighted by Gasteiger charge is 2.48. The number of benzene rings is 1. The third-order valence-corrected chi connectivity index (χ3v) is 9.39. The standard InChI is InChI=1S/C31H32F3N5O6/c1-5-31(44)17-8-21-24-15(10-39(21)26(41)16(17)11-45-29(31)43)23-19(7-6-14-12(2)18(32)9-20(36-24)22(14)23)37-28(42)30(4,27(33)34)38-25(40)13(3)35/h8-9,13,19,27,44H,5-7,10-11,35H2,1-4H3,(H,37,42)(H,38,40)/t13-,19+,30?,31+/m1/s1. The Morgan fingerprint density at radius 1 is 1.27 bits per heavy atom. The first kappa shape index (κ1) is 30.7. The van der Waals surface area contributed by atoms with Crippen LogP contribution in [0.4, 0.5) is 13.2 Å². The van der Waals surface area contributed by atoms with E-state index in [1.807, 2.05) is 0 Å². The molecule has 1 aliphatic carbocycles. The van der Waals surface area contributed by atoms with Gasteiger partial charge in [-0.05, 0) is 62.8 Å². The molecule has 0 radical (unpaired) electrons. The van der Waals surface area contributed by atoms with E-state index in [0.29, 0.717) is 34.1 Å². The van der Waals surface area contributed by atoms with Crippen molar-refractivity contribution in [2.45, 2.75) is 89.8 Å². The fraction of sp³-hybridized carbons (Fsp3) is 0.452. The second-order valence-electron chi connectivity index (χ2n) is 12.2. The molecule has 6 rings (SSSR count). The van der Waals surface area contributed by atoms with Crippen molar-refractivity contribution < 1.29 is 37.4 Å². The van der Waals surface area contributed by atoms with Gasteiger partial charge in [0.1, 0.15) is 12.4 Å². The lowest BCUT2D eigenvalue weighted by Gasteiger charge is -2.34. The Bertz CT molecular complexity index is 1890. The van der Waals surface area contributed by atoms with Crippen LogP contribution in [0.15, 0.2) is 16.9 Å². The van der Waals surface area contributed by atoms with Gasteiger partial charge >= 0.3 is 5.97 Å². The number of rotatable bonds is 6. The van der Waals surface area contributed by atoms with Crippen LogP contribution in [0.25, 0.3) is 22.3 Å². The minimum Gasteiger partial charge on any atom is -0.458 e. The highest BCUT2D eigenvalue weighted by Crippen LogP contribution is 2.46. The number of halogens is 3. The summed E-state index contributed by atoms with van der Waals surface area (Å²) in [7, 11) is 0. The maximum absolute atomic E-state index is 15.1. The number of esters is 1. The monoisotopic (exact) mass is 627 g/mol. The molecule has 0 saturated heterocycles. The number of hydrogen-bond acceptors (Lipinski definition) is 8. The normalized spacial score (nSPS) is 21.8. The Morgan fingerprint density at radius 3 is 2.62 bits per heavy atom. The number of nitrogens with zero attached hydrogens (tertiary/aromatic N) is 2. The number of aryl methyl sites for hydroxylation is 1. The van der Waals surface area contributed by atoms with Gasteiger partial charge in [-0.1, -0.05) is 6.92 Å². The largest absolute Gasteiger partial charge is 0.458 e. The summed E-state index contributed by atoms with van der Waals surface area (Å²) in [5.41, 5.74) is 3.35. The van der Waals surface area contributed by atoms with E-state index in [9.17, 15) is 33.1 Å². The molecule has 0 spiro atoms. The quantitative estimate of drug-likeness (QED) is 0.236. The van der Waals surface area contributed by atoms with Gasteiger partial charge in [-0.3, -0.25) is 14.4 Å². The van der Waals surface area contributed by atoms with E-state index in [1.165, 1.54) is 23.6 Å². The van der Waals surface area contributed by atoms with Gasteiger partial charge in [0.2, 0.25) is 5.91 Å². The molecular formula is C31H32F3N5O6. The lowest BCUT2D eigenvalue weighted by atomic mass is 9.81. The third-order valence-electron chi connectivity index (χ3n) is 9.39. The molecule has 4 heterocycles. The topological polar surface area (TPSA) is 166 Å². The second-order valence-corrected chi connectivity index (χ2v) is 12.2. The molecule has 11 nitrogen and oxygen atoms in total. The van der Waals surface area contributed by atoms with Crippen LogP contribution in [-0.4, -0.2) is 50.4 Å². The van der Waals surface area contributed by atoms with Gasteiger partial charge in [-0.2, -0.15) is 0 Å². The van der Waals surface area contributed by atoms with Crippen LogP contribution in [0.1, 0.15) is 73.0 Å². The predicted molar refractivity (Wildman–Crippen MR) is 155 cm³/mol. The molecule has 45 heavy (non-hydrogen) atoms. The van der Waals surface area contributed by atoms with E-state index in [-0.39, 0.29) is 54.0 Å². The fourth-order valence-electron chi connectivity index (χ4n) is 6.59. The summed E-state index contributed by atoms with van der Waals surface area (Å²) in [4.78, 5) is 56.9. The zero-order valence-corrected chi connectivity index (χ0v) is 25.0. The summed E-state index contributed by atoms with van der Waals surface area (Å²) in [5, 5.41) is 16.5. The number of aliphatic hydroxyl groups is 1. The van der Waals surface area contributed by atoms with E-state index in [0.717, 1.165) is 6.92 Å². The minimum absolute atomic E-state index is 0.0245. The molecule has 238 valence electrons. The Balaban J connectivity index is 1.54. The number of aromatic nitrogens is 2. The number of alkyl halides is 2. The van der Waals surface area contributed by atoms with Gasteiger partial charge < -0.3 is 30.8 Å². The molecule has 3 aromatic rings. The van der Waals surface area contributed by atoms with E-state index < -0.39 is 58.8 Å². The number of cyclic esters (lactones) is 1. The smallest absolute Gasteiger partial charge is 0.343 e. The molecule has 3 aliphatic rings. The van der Waals surface area contributed by atoms with Crippen molar-refractivity contribution in [3.63, 3.8) is 0 Å². The Kier molecular flexibility index (Phi) is 7.08. The van der Waals surface area contributed by atoms with Crippen LogP contribution < -0.4 is 21.9 Å². The van der Waals surface area contributed by atoms with Gasteiger partial charge in [-0.25, -0.2) is 22.9 Å². The average Bonchev–Trinajstić information content (AvgIpc) is 3.36. The zero-order valence-electron chi connectivity index (χ0n) is 25.0. The Labute approximate surface area is 254 Å². The molecule has 1 aromatic carbocycles. The number of fused-ring (bicyclic) bond motifs is 5. The second kappa shape index (κ2) is 10.4. The summed E-state index contributed by atoms with van der Waals surface area (Å²) >= 11 is 0. The number of ether oxygens (including phenoxy) is 1. The van der Waals surface area contributed by atoms with Crippen LogP contribution in [0, 0.1) is 12.7 Å². The summed E-state index contributed by atoms with van der Waals surface area (Å²) in [5.74, 6) is -3.48. The van der Waals surface area contributed by atoms with Crippen LogP contribution >= 0.6 is 0 Å². The lowest BCUT2D eigenvalue weighted by molar-refractivity contribution is -0.172. The summed E-state index contributed by atoms with van der Waals surface area (Å²) in [6, 6.07) is 0.730. The first-order valence-electron chi connectivity index (χ1n) is 14.6. The maximum Gasteiger partial charge on any atom is 0.343 e. The molecule has 0 saturated carbocycles. The van der Waals surface area contributed by atoms with Crippen LogP contribution in [0.5, 0.6) is 0 Å². The van der Waals surface area contributed by atoms with Gasteiger partial charge in [0.05, 0.1) is 41.1 Å². The van der Waals surface area contributed by atoms with Gasteiger partial charge in [-0.15, -0.1) is 0 Å². The van der Waals surface area contributed by atoms with Crippen molar-refractivity contribution >= 4 is 28.7 Å². The molecule has 14 heteroatoms. The number of pyridine rings is 2. The van der Waals surface area contributed by atoms with E-state index >= 15 is 4.39 Å². The van der Waals surface area contributed by atoms with Gasteiger partial charge in [0.15, 0.2) is 11.1 Å². The van der Waals surface area contributed by atoms with Gasteiger partial charge in [0.25, 0.3) is 17.9 Å². The molecule has 1 unspecified atom stereocenters. The first-order chi connectivity index (χ1) is 21.1. The summed E-state index contributed by atoms with van der Waals surface area (Å²) in [6.07, 6.45) is -2.85. The van der Waals surface area contributed by atoms with Crippen molar-refractivity contribution in [1.82, 2.24) is 20.2 Å². The Hall–Kier alpha value is -4.30. The number of carbonyl (C=O) groups is 3. The minimum atomic E-state index is -3.29. The number of carbonyl (C=O) groups excluding carboxylic acids is 3. The highest BCUT2D eigenvalue weighted by molar-refractivity contribution is 5.96. The van der Waals surface area contributed by atoms with Crippen molar-refractivity contribution in [1.29, 1.82) is 0 Å². The first-order valence-corrected chi connectivity index (χ1v) is 14.6. The average molecular weight is 628 g/mol. The lowest BCUT2D eigenvalue weighted by Crippen LogP contribution is -2.63. The van der Waals surface area contributed by atoms with Crippen molar-refractivity contribution in [2.75, 3.05) is 0 Å². The number of nitrogens with one attached hydrogen (secondary N) is 2. The molecule has 0 bridgehead atoms. The number of nitrogens with two attached hydrogens (primary N) is 1. The van der Waals surface area contributed by atoms with Gasteiger partial charge in [0, 0.05) is 22.6 Å². The van der Waals surface area contributed by atoms with Crippen LogP contribution in [0.3, 0.4) is 0 Å². The van der Waals surface area contributed by atoms with E-state index in [4.69, 9.17) is 15.5 Å². The molecular weight excluding hydrogens is 595 g/mol. The molecule has 5 N–H and O–H groups in total. The molecule has 0 fully saturated rings. The van der Waals surface area contributed by atoms with E-state index in [1.54, 1.807) is 13.8 Å². The molecule has 2 aromatic heterocycles. The fourth-order valence-corrected chi connectivity index (χ4v) is 6.59. The highest BCUT2D eigenvalue weighted by atomic mass is 19.3. The Morgan fingerprint density at radius 2 is 1.98 bits per heavy atom. The third kappa shape index (κ3) is 4.36. The number of hydrogen-bond donors (Lipinski definition) is 4. The predicted octanol–water partition coefficient (Wildman–Crippen LogP) is 2.12. The van der Waals surface area contributed by atoms with Crippen LogP contribution in [0.2, 0.25) is 0 Å². The van der Waals surface area contributed by atoms with Crippen molar-refractivity contribution in [3.8, 4) is 11.4 Å².